The third kappa shape index (κ3) is 4.97. The van der Waals surface area contributed by atoms with Crippen LogP contribution in [-0.4, -0.2) is 41.9 Å². The van der Waals surface area contributed by atoms with Crippen molar-refractivity contribution in [2.45, 2.75) is 71.0 Å². The first-order valence-electron chi connectivity index (χ1n) is 7.89. The van der Waals surface area contributed by atoms with E-state index in [4.69, 9.17) is 9.47 Å². The van der Waals surface area contributed by atoms with Gasteiger partial charge in [-0.25, -0.2) is 4.79 Å². The van der Waals surface area contributed by atoms with Crippen molar-refractivity contribution in [1.82, 2.24) is 4.90 Å². The molecule has 0 radical (unpaired) electrons. The molecular formula is C16H29NO3. The maximum absolute atomic E-state index is 12.1. The van der Waals surface area contributed by atoms with Crippen molar-refractivity contribution in [1.29, 1.82) is 0 Å². The van der Waals surface area contributed by atoms with Crippen molar-refractivity contribution in [3.05, 3.63) is 0 Å². The number of rotatable bonds is 4. The maximum atomic E-state index is 12.1. The van der Waals surface area contributed by atoms with E-state index < -0.39 is 5.60 Å². The van der Waals surface area contributed by atoms with Gasteiger partial charge in [0, 0.05) is 13.2 Å². The van der Waals surface area contributed by atoms with Crippen molar-refractivity contribution in [3.63, 3.8) is 0 Å². The minimum atomic E-state index is -0.433. The summed E-state index contributed by atoms with van der Waals surface area (Å²) in [5.41, 5.74) is -0.637. The van der Waals surface area contributed by atoms with Crippen LogP contribution in [0.5, 0.6) is 0 Å². The van der Waals surface area contributed by atoms with Crippen LogP contribution in [0.3, 0.4) is 0 Å². The summed E-state index contributed by atoms with van der Waals surface area (Å²) in [7, 11) is 0. The van der Waals surface area contributed by atoms with Crippen LogP contribution in [0, 0.1) is 5.92 Å². The molecule has 4 heteroatoms. The van der Waals surface area contributed by atoms with E-state index in [0.717, 1.165) is 31.9 Å². The Balaban J connectivity index is 1.81. The molecule has 0 aromatic carbocycles. The molecule has 1 aliphatic carbocycles. The van der Waals surface area contributed by atoms with Gasteiger partial charge in [-0.1, -0.05) is 12.8 Å². The van der Waals surface area contributed by atoms with E-state index in [2.05, 4.69) is 6.92 Å². The number of piperidine rings is 1. The highest BCUT2D eigenvalue weighted by molar-refractivity contribution is 5.68. The summed E-state index contributed by atoms with van der Waals surface area (Å²) in [5.74, 6) is 0.893. The molecule has 2 aliphatic rings. The predicted octanol–water partition coefficient (Wildman–Crippen LogP) is 3.59. The Morgan fingerprint density at radius 3 is 2.65 bits per heavy atom. The first kappa shape index (κ1) is 15.6. The third-order valence-corrected chi connectivity index (χ3v) is 3.98. The van der Waals surface area contributed by atoms with Gasteiger partial charge in [0.2, 0.25) is 0 Å². The SMILES string of the molecule is CC(C)(C)OC(=O)N1CCCC(C)(OCCC2CC2)C1. The summed E-state index contributed by atoms with van der Waals surface area (Å²) in [6.45, 7) is 10.1. The minimum absolute atomic E-state index is 0.204. The lowest BCUT2D eigenvalue weighted by molar-refractivity contribution is -0.0812. The standard InChI is InChI=1S/C16H29NO3/c1-15(2,3)20-14(18)17-10-5-9-16(4,12-17)19-11-8-13-6-7-13/h13H,5-12H2,1-4H3. The molecule has 2 rings (SSSR count). The Labute approximate surface area is 122 Å². The van der Waals surface area contributed by atoms with Crippen LogP contribution in [-0.2, 0) is 9.47 Å². The van der Waals surface area contributed by atoms with E-state index in [1.807, 2.05) is 20.8 Å². The van der Waals surface area contributed by atoms with Crippen LogP contribution >= 0.6 is 0 Å². The van der Waals surface area contributed by atoms with Gasteiger partial charge in [0.1, 0.15) is 5.60 Å². The Kier molecular flexibility index (Phi) is 4.62. The number of carbonyl (C=O) groups is 1. The second-order valence-electron chi connectivity index (χ2n) is 7.54. The molecule has 1 heterocycles. The van der Waals surface area contributed by atoms with Gasteiger partial charge in [0.05, 0.1) is 12.1 Å². The number of carbonyl (C=O) groups excluding carboxylic acids is 1. The van der Waals surface area contributed by atoms with Crippen LogP contribution < -0.4 is 0 Å². The van der Waals surface area contributed by atoms with Gasteiger partial charge < -0.3 is 14.4 Å². The smallest absolute Gasteiger partial charge is 0.410 e. The lowest BCUT2D eigenvalue weighted by Gasteiger charge is -2.40. The summed E-state index contributed by atoms with van der Waals surface area (Å²) in [6.07, 6.45) is 5.70. The molecule has 1 saturated heterocycles. The molecule has 0 spiro atoms. The molecule has 116 valence electrons. The Morgan fingerprint density at radius 1 is 1.35 bits per heavy atom. The summed E-state index contributed by atoms with van der Waals surface area (Å²) >= 11 is 0. The summed E-state index contributed by atoms with van der Waals surface area (Å²) in [4.78, 5) is 13.9. The third-order valence-electron chi connectivity index (χ3n) is 3.98. The highest BCUT2D eigenvalue weighted by Crippen LogP contribution is 2.33. The fraction of sp³-hybridized carbons (Fsp3) is 0.938. The van der Waals surface area contributed by atoms with E-state index in [0.29, 0.717) is 6.54 Å². The molecule has 20 heavy (non-hydrogen) atoms. The Hall–Kier alpha value is -0.770. The molecule has 2 fully saturated rings. The van der Waals surface area contributed by atoms with Gasteiger partial charge in [-0.15, -0.1) is 0 Å². The molecular weight excluding hydrogens is 254 g/mol. The van der Waals surface area contributed by atoms with Crippen LogP contribution in [0.2, 0.25) is 0 Å². The van der Waals surface area contributed by atoms with Gasteiger partial charge in [-0.05, 0) is 52.9 Å². The molecule has 1 atom stereocenters. The van der Waals surface area contributed by atoms with Crippen molar-refractivity contribution < 1.29 is 14.3 Å². The molecule has 0 aromatic rings. The number of hydrogen-bond donors (Lipinski definition) is 0. The highest BCUT2D eigenvalue weighted by atomic mass is 16.6. The molecule has 1 unspecified atom stereocenters. The van der Waals surface area contributed by atoms with Gasteiger partial charge in [-0.3, -0.25) is 0 Å². The zero-order chi connectivity index (χ0) is 14.8. The fourth-order valence-corrected chi connectivity index (χ4v) is 2.68. The van der Waals surface area contributed by atoms with E-state index in [-0.39, 0.29) is 11.7 Å². The number of amides is 1. The van der Waals surface area contributed by atoms with Gasteiger partial charge in [-0.2, -0.15) is 0 Å². The first-order chi connectivity index (χ1) is 9.27. The van der Waals surface area contributed by atoms with Gasteiger partial charge >= 0.3 is 6.09 Å². The van der Waals surface area contributed by atoms with Gasteiger partial charge in [0.15, 0.2) is 0 Å². The molecule has 0 N–H and O–H groups in total. The lowest BCUT2D eigenvalue weighted by Crippen LogP contribution is -2.51. The molecule has 4 nitrogen and oxygen atoms in total. The first-order valence-corrected chi connectivity index (χ1v) is 7.89. The van der Waals surface area contributed by atoms with Crippen molar-refractivity contribution in [3.8, 4) is 0 Å². The number of nitrogens with zero attached hydrogens (tertiary/aromatic N) is 1. The average Bonchev–Trinajstić information content (AvgIpc) is 3.10. The fourth-order valence-electron chi connectivity index (χ4n) is 2.68. The number of hydrogen-bond acceptors (Lipinski definition) is 3. The van der Waals surface area contributed by atoms with Crippen LogP contribution in [0.1, 0.15) is 59.8 Å². The quantitative estimate of drug-likeness (QED) is 0.791. The maximum Gasteiger partial charge on any atom is 0.410 e. The Morgan fingerprint density at radius 2 is 2.05 bits per heavy atom. The van der Waals surface area contributed by atoms with Crippen LogP contribution in [0.4, 0.5) is 4.79 Å². The van der Waals surface area contributed by atoms with Gasteiger partial charge in [0.25, 0.3) is 0 Å². The van der Waals surface area contributed by atoms with E-state index in [1.54, 1.807) is 4.90 Å². The summed E-state index contributed by atoms with van der Waals surface area (Å²) < 4.78 is 11.5. The average molecular weight is 283 g/mol. The topological polar surface area (TPSA) is 38.8 Å². The van der Waals surface area contributed by atoms with Crippen LogP contribution in [0.15, 0.2) is 0 Å². The second kappa shape index (κ2) is 5.92. The zero-order valence-electron chi connectivity index (χ0n) is 13.4. The summed E-state index contributed by atoms with van der Waals surface area (Å²) in [6, 6.07) is 0. The highest BCUT2D eigenvalue weighted by Gasteiger charge is 2.36. The number of likely N-dealkylation sites (tertiary alicyclic amines) is 1. The normalized spacial score (nSPS) is 27.5. The summed E-state index contributed by atoms with van der Waals surface area (Å²) in [5, 5.41) is 0. The van der Waals surface area contributed by atoms with Crippen molar-refractivity contribution in [2.24, 2.45) is 5.92 Å². The lowest BCUT2D eigenvalue weighted by atomic mass is 9.95. The molecule has 0 aromatic heterocycles. The van der Waals surface area contributed by atoms with Crippen molar-refractivity contribution >= 4 is 6.09 Å². The molecule has 1 aliphatic heterocycles. The zero-order valence-corrected chi connectivity index (χ0v) is 13.4. The van der Waals surface area contributed by atoms with Crippen molar-refractivity contribution in [2.75, 3.05) is 19.7 Å². The molecule has 0 bridgehead atoms. The monoisotopic (exact) mass is 283 g/mol. The Bertz CT molecular complexity index is 346. The van der Waals surface area contributed by atoms with Crippen LogP contribution in [0.25, 0.3) is 0 Å². The van der Waals surface area contributed by atoms with E-state index in [1.165, 1.54) is 19.3 Å². The minimum Gasteiger partial charge on any atom is -0.444 e. The largest absolute Gasteiger partial charge is 0.444 e. The second-order valence-corrected chi connectivity index (χ2v) is 7.54. The van der Waals surface area contributed by atoms with E-state index >= 15 is 0 Å². The number of ether oxygens (including phenoxy) is 2. The predicted molar refractivity (Wildman–Crippen MR) is 78.7 cm³/mol. The molecule has 1 amide bonds. The molecule has 1 saturated carbocycles. The van der Waals surface area contributed by atoms with E-state index in [9.17, 15) is 4.79 Å².